The van der Waals surface area contributed by atoms with E-state index < -0.39 is 0 Å². The van der Waals surface area contributed by atoms with Crippen molar-refractivity contribution in [2.75, 3.05) is 13.1 Å². The van der Waals surface area contributed by atoms with E-state index in [1.807, 2.05) is 6.92 Å². The van der Waals surface area contributed by atoms with Crippen LogP contribution in [0, 0.1) is 0 Å². The van der Waals surface area contributed by atoms with E-state index >= 15 is 0 Å². The number of likely N-dealkylation sites (N-methyl/N-ethyl adjacent to an activating group) is 1. The normalized spacial score (nSPS) is 14.5. The smallest absolute Gasteiger partial charge is 0.0755 e. The van der Waals surface area contributed by atoms with Crippen LogP contribution in [0.5, 0.6) is 0 Å². The van der Waals surface area contributed by atoms with E-state index in [0.29, 0.717) is 6.42 Å². The topological polar surface area (TPSA) is 23.5 Å². The zero-order valence-electron chi connectivity index (χ0n) is 10.3. The Bertz CT molecular complexity index is 183. The third-order valence-corrected chi connectivity index (χ3v) is 2.94. The molecule has 0 radical (unpaired) electrons. The van der Waals surface area contributed by atoms with Crippen molar-refractivity contribution in [2.24, 2.45) is 0 Å². The average Bonchev–Trinajstić information content (AvgIpc) is 2.04. The van der Waals surface area contributed by atoms with Crippen LogP contribution in [0.3, 0.4) is 0 Å². The summed E-state index contributed by atoms with van der Waals surface area (Å²) in [5.74, 6) is 0. The van der Waals surface area contributed by atoms with Crippen molar-refractivity contribution in [3.63, 3.8) is 0 Å². The summed E-state index contributed by atoms with van der Waals surface area (Å²) < 4.78 is 0. The molecular weight excluding hydrogens is 174 g/mol. The molecule has 0 rings (SSSR count). The van der Waals surface area contributed by atoms with Crippen LogP contribution in [0.2, 0.25) is 0 Å². The molecule has 0 aromatic carbocycles. The number of hydrogen-bond acceptors (Lipinski definition) is 2. The largest absolute Gasteiger partial charge is 0.391 e. The molecule has 0 spiro atoms. The van der Waals surface area contributed by atoms with E-state index in [9.17, 15) is 5.11 Å². The van der Waals surface area contributed by atoms with Crippen LogP contribution >= 0.6 is 0 Å². The Labute approximate surface area is 88.6 Å². The molecule has 84 valence electrons. The van der Waals surface area contributed by atoms with Gasteiger partial charge in [0, 0.05) is 5.54 Å². The van der Waals surface area contributed by atoms with Crippen molar-refractivity contribution >= 4 is 0 Å². The number of aliphatic hydroxyl groups is 1. The summed E-state index contributed by atoms with van der Waals surface area (Å²) in [5, 5.41) is 10.1. The lowest BCUT2D eigenvalue weighted by Gasteiger charge is -2.41. The fraction of sp³-hybridized carbons (Fsp3) is 0.833. The van der Waals surface area contributed by atoms with E-state index in [-0.39, 0.29) is 11.6 Å². The Hall–Kier alpha value is -0.340. The molecule has 1 atom stereocenters. The molecule has 0 aromatic rings. The molecule has 1 N–H and O–H groups in total. The minimum Gasteiger partial charge on any atom is -0.391 e. The fourth-order valence-corrected chi connectivity index (χ4v) is 1.83. The second-order valence-corrected chi connectivity index (χ2v) is 4.50. The van der Waals surface area contributed by atoms with Crippen molar-refractivity contribution in [2.45, 2.75) is 52.7 Å². The van der Waals surface area contributed by atoms with Gasteiger partial charge in [-0.1, -0.05) is 19.4 Å². The summed E-state index contributed by atoms with van der Waals surface area (Å²) in [6.07, 6.45) is 0.351. The third kappa shape index (κ3) is 3.43. The molecule has 0 heterocycles. The Morgan fingerprint density at radius 2 is 1.79 bits per heavy atom. The van der Waals surface area contributed by atoms with Crippen molar-refractivity contribution < 1.29 is 5.11 Å². The molecule has 0 saturated carbocycles. The second kappa shape index (κ2) is 5.52. The van der Waals surface area contributed by atoms with Crippen LogP contribution in [-0.4, -0.2) is 34.7 Å². The summed E-state index contributed by atoms with van der Waals surface area (Å²) in [4.78, 5) is 2.28. The molecular formula is C12H25NO. The van der Waals surface area contributed by atoms with E-state index in [4.69, 9.17) is 0 Å². The minimum absolute atomic E-state index is 0.164. The SMILES string of the molecule is C=C(C)CC(O)C(C)(C)N(CC)CC. The third-order valence-electron chi connectivity index (χ3n) is 2.94. The lowest BCUT2D eigenvalue weighted by atomic mass is 9.90. The highest BCUT2D eigenvalue weighted by Crippen LogP contribution is 2.22. The molecule has 0 fully saturated rings. The van der Waals surface area contributed by atoms with Gasteiger partial charge in [0.15, 0.2) is 0 Å². The van der Waals surface area contributed by atoms with Gasteiger partial charge < -0.3 is 5.11 Å². The molecule has 0 amide bonds. The van der Waals surface area contributed by atoms with Gasteiger partial charge in [0.1, 0.15) is 0 Å². The lowest BCUT2D eigenvalue weighted by Crippen LogP contribution is -2.52. The van der Waals surface area contributed by atoms with Gasteiger partial charge in [0.05, 0.1) is 6.10 Å². The Kier molecular flexibility index (Phi) is 5.38. The monoisotopic (exact) mass is 199 g/mol. The molecule has 0 bridgehead atoms. The maximum atomic E-state index is 10.1. The van der Waals surface area contributed by atoms with Crippen molar-refractivity contribution in [3.8, 4) is 0 Å². The van der Waals surface area contributed by atoms with Crippen LogP contribution in [0.4, 0.5) is 0 Å². The van der Waals surface area contributed by atoms with Crippen LogP contribution in [-0.2, 0) is 0 Å². The molecule has 0 aromatic heterocycles. The van der Waals surface area contributed by atoms with Gasteiger partial charge in [-0.15, -0.1) is 6.58 Å². The van der Waals surface area contributed by atoms with Crippen molar-refractivity contribution in [1.82, 2.24) is 4.90 Å². The minimum atomic E-state index is -0.333. The van der Waals surface area contributed by atoms with Crippen LogP contribution in [0.25, 0.3) is 0 Å². The van der Waals surface area contributed by atoms with E-state index in [1.54, 1.807) is 0 Å². The average molecular weight is 199 g/mol. The van der Waals surface area contributed by atoms with Crippen molar-refractivity contribution in [1.29, 1.82) is 0 Å². The van der Waals surface area contributed by atoms with Crippen LogP contribution < -0.4 is 0 Å². The first-order valence-corrected chi connectivity index (χ1v) is 5.43. The Balaban J connectivity index is 4.48. The highest BCUT2D eigenvalue weighted by Gasteiger charge is 2.32. The van der Waals surface area contributed by atoms with Gasteiger partial charge in [-0.25, -0.2) is 0 Å². The van der Waals surface area contributed by atoms with Gasteiger partial charge in [0.25, 0.3) is 0 Å². The second-order valence-electron chi connectivity index (χ2n) is 4.50. The quantitative estimate of drug-likeness (QED) is 0.664. The zero-order valence-corrected chi connectivity index (χ0v) is 10.3. The molecule has 2 heteroatoms. The summed E-state index contributed by atoms with van der Waals surface area (Å²) in [6, 6.07) is 0. The maximum absolute atomic E-state index is 10.1. The number of nitrogens with zero attached hydrogens (tertiary/aromatic N) is 1. The van der Waals surface area contributed by atoms with Gasteiger partial charge in [-0.3, -0.25) is 4.90 Å². The standard InChI is InChI=1S/C12H25NO/c1-7-13(8-2)12(5,6)11(14)9-10(3)4/h11,14H,3,7-9H2,1-2,4-6H3. The van der Waals surface area contributed by atoms with Crippen molar-refractivity contribution in [3.05, 3.63) is 12.2 Å². The van der Waals surface area contributed by atoms with Crippen LogP contribution in [0.1, 0.15) is 41.0 Å². The predicted molar refractivity (Wildman–Crippen MR) is 62.4 cm³/mol. The van der Waals surface area contributed by atoms with Gasteiger partial charge >= 0.3 is 0 Å². The highest BCUT2D eigenvalue weighted by molar-refractivity contribution is 4.98. The first-order chi connectivity index (χ1) is 6.36. The van der Waals surface area contributed by atoms with E-state index in [0.717, 1.165) is 18.7 Å². The number of rotatable bonds is 6. The van der Waals surface area contributed by atoms with E-state index in [2.05, 4.69) is 39.2 Å². The molecule has 1 unspecified atom stereocenters. The Morgan fingerprint density at radius 3 is 2.07 bits per heavy atom. The molecule has 2 nitrogen and oxygen atoms in total. The van der Waals surface area contributed by atoms with Gasteiger partial charge in [0.2, 0.25) is 0 Å². The summed E-state index contributed by atoms with van der Waals surface area (Å²) >= 11 is 0. The first-order valence-electron chi connectivity index (χ1n) is 5.43. The molecule has 0 aliphatic carbocycles. The lowest BCUT2D eigenvalue weighted by molar-refractivity contribution is -0.00404. The Morgan fingerprint density at radius 1 is 1.36 bits per heavy atom. The first kappa shape index (κ1) is 13.7. The molecule has 14 heavy (non-hydrogen) atoms. The van der Waals surface area contributed by atoms with Crippen LogP contribution in [0.15, 0.2) is 12.2 Å². The fourth-order valence-electron chi connectivity index (χ4n) is 1.83. The maximum Gasteiger partial charge on any atom is 0.0755 e. The number of hydrogen-bond donors (Lipinski definition) is 1. The van der Waals surface area contributed by atoms with Gasteiger partial charge in [-0.2, -0.15) is 0 Å². The summed E-state index contributed by atoms with van der Waals surface area (Å²) in [7, 11) is 0. The van der Waals surface area contributed by atoms with Gasteiger partial charge in [-0.05, 0) is 40.3 Å². The molecule has 0 saturated heterocycles. The zero-order chi connectivity index (χ0) is 11.4. The summed E-state index contributed by atoms with van der Waals surface area (Å²) in [5.41, 5.74) is 0.875. The molecule has 0 aliphatic rings. The number of aliphatic hydroxyl groups excluding tert-OH is 1. The summed E-state index contributed by atoms with van der Waals surface area (Å²) in [6.45, 7) is 16.2. The predicted octanol–water partition coefficient (Wildman–Crippen LogP) is 2.43. The van der Waals surface area contributed by atoms with E-state index in [1.165, 1.54) is 0 Å². The highest BCUT2D eigenvalue weighted by atomic mass is 16.3. The molecule has 0 aliphatic heterocycles.